The number of phosphoric ester groups is 2. The van der Waals surface area contributed by atoms with E-state index in [0.29, 0.717) is 25.7 Å². The molecule has 6 atom stereocenters. The van der Waals surface area contributed by atoms with Gasteiger partial charge in [-0.1, -0.05) is 414 Å². The van der Waals surface area contributed by atoms with E-state index < -0.39 is 97.5 Å². The minimum Gasteiger partial charge on any atom is -0.462 e. The number of carbonyl (C=O) groups is 4. The van der Waals surface area contributed by atoms with Gasteiger partial charge in [0.25, 0.3) is 0 Å². The van der Waals surface area contributed by atoms with E-state index >= 15 is 0 Å². The Labute approximate surface area is 651 Å². The van der Waals surface area contributed by atoms with Crippen LogP contribution < -0.4 is 0 Å². The van der Waals surface area contributed by atoms with Crippen LogP contribution >= 0.6 is 15.6 Å². The third-order valence-electron chi connectivity index (χ3n) is 20.8. The Morgan fingerprint density at radius 1 is 0.274 bits per heavy atom. The van der Waals surface area contributed by atoms with E-state index in [-0.39, 0.29) is 25.7 Å². The highest BCUT2D eigenvalue weighted by atomic mass is 31.2. The molecule has 0 heterocycles. The van der Waals surface area contributed by atoms with Crippen molar-refractivity contribution in [3.05, 3.63) is 0 Å². The highest BCUT2D eigenvalue weighted by Crippen LogP contribution is 2.45. The third-order valence-corrected chi connectivity index (χ3v) is 22.7. The van der Waals surface area contributed by atoms with Crippen molar-refractivity contribution in [2.24, 2.45) is 11.8 Å². The fourth-order valence-corrected chi connectivity index (χ4v) is 15.1. The monoisotopic (exact) mass is 1550 g/mol. The Morgan fingerprint density at radius 3 is 0.717 bits per heavy atom. The molecule has 0 bridgehead atoms. The van der Waals surface area contributed by atoms with Crippen LogP contribution in [0.3, 0.4) is 0 Å². The minimum atomic E-state index is -4.97. The van der Waals surface area contributed by atoms with Gasteiger partial charge in [0.15, 0.2) is 12.2 Å². The number of esters is 4. The lowest BCUT2D eigenvalue weighted by atomic mass is 9.99. The maximum atomic E-state index is 13.2. The fourth-order valence-electron chi connectivity index (χ4n) is 13.6. The van der Waals surface area contributed by atoms with Crippen molar-refractivity contribution in [3.63, 3.8) is 0 Å². The van der Waals surface area contributed by atoms with Crippen LogP contribution in [0.5, 0.6) is 0 Å². The summed E-state index contributed by atoms with van der Waals surface area (Å²) >= 11 is 0. The van der Waals surface area contributed by atoms with Crippen LogP contribution in [0.4, 0.5) is 0 Å². The number of hydrogen-bond donors (Lipinski definition) is 3. The smallest absolute Gasteiger partial charge is 0.462 e. The molecule has 0 amide bonds. The summed E-state index contributed by atoms with van der Waals surface area (Å²) < 4.78 is 68.9. The molecule has 0 saturated carbocycles. The zero-order valence-electron chi connectivity index (χ0n) is 69.7. The largest absolute Gasteiger partial charge is 0.472 e. The van der Waals surface area contributed by atoms with Crippen LogP contribution in [0.2, 0.25) is 0 Å². The van der Waals surface area contributed by atoms with Gasteiger partial charge in [0.1, 0.15) is 19.3 Å². The van der Waals surface area contributed by atoms with Gasteiger partial charge in [-0.3, -0.25) is 37.3 Å². The quantitative estimate of drug-likeness (QED) is 0.0222. The van der Waals surface area contributed by atoms with Crippen LogP contribution in [-0.4, -0.2) is 96.7 Å². The molecule has 0 aliphatic rings. The van der Waals surface area contributed by atoms with Gasteiger partial charge in [-0.05, 0) is 37.5 Å². The predicted octanol–water partition coefficient (Wildman–Crippen LogP) is 26.6. The van der Waals surface area contributed by atoms with Crippen molar-refractivity contribution in [2.45, 2.75) is 484 Å². The van der Waals surface area contributed by atoms with Gasteiger partial charge in [0, 0.05) is 25.7 Å². The Morgan fingerprint density at radius 2 is 0.481 bits per heavy atom. The minimum absolute atomic E-state index is 0.109. The van der Waals surface area contributed by atoms with Crippen molar-refractivity contribution >= 4 is 39.5 Å². The normalized spacial score (nSPS) is 14.1. The Balaban J connectivity index is 5.21. The number of phosphoric acid groups is 2. The van der Waals surface area contributed by atoms with Crippen LogP contribution in [0, 0.1) is 11.8 Å². The molecule has 0 aromatic carbocycles. The molecule has 0 aromatic rings. The maximum Gasteiger partial charge on any atom is 0.472 e. The molecule has 3 N–H and O–H groups in total. The molecule has 0 fully saturated rings. The fraction of sp³-hybridized carbons (Fsp3) is 0.954. The van der Waals surface area contributed by atoms with Gasteiger partial charge in [-0.15, -0.1) is 0 Å². The van der Waals surface area contributed by atoms with E-state index in [4.69, 9.17) is 37.0 Å². The Bertz CT molecular complexity index is 2030. The van der Waals surface area contributed by atoms with Gasteiger partial charge in [0.05, 0.1) is 26.4 Å². The van der Waals surface area contributed by atoms with Crippen molar-refractivity contribution in [2.75, 3.05) is 39.6 Å². The van der Waals surface area contributed by atoms with Crippen LogP contribution in [0.15, 0.2) is 0 Å². The SMILES string of the molecule is CCCCCCCCCCCCCCCCCCCCC(=O)O[C@H](COC(=O)CCCCCCCCCCC)COP(=O)(O)OC[C@H](O)COP(=O)(O)OC[C@@H](COC(=O)CCCCCCCCCCCCCCCCC(C)CC)OC(=O)CCCCCCCCCCCCCCCCCCCCC(C)C. The summed E-state index contributed by atoms with van der Waals surface area (Å²) in [5.74, 6) is -0.431. The topological polar surface area (TPSA) is 237 Å². The zero-order chi connectivity index (χ0) is 77.8. The number of unbranched alkanes of at least 4 members (excludes halogenated alkanes) is 55. The van der Waals surface area contributed by atoms with Gasteiger partial charge >= 0.3 is 39.5 Å². The molecule has 0 aliphatic carbocycles. The molecule has 0 spiro atoms. The summed E-state index contributed by atoms with van der Waals surface area (Å²) in [5.41, 5.74) is 0. The lowest BCUT2D eigenvalue weighted by Gasteiger charge is -2.21. The van der Waals surface area contributed by atoms with E-state index in [9.17, 15) is 43.2 Å². The Kier molecular flexibility index (Phi) is 76.9. The van der Waals surface area contributed by atoms with Crippen molar-refractivity contribution in [3.8, 4) is 0 Å². The van der Waals surface area contributed by atoms with Gasteiger partial charge in [-0.2, -0.15) is 0 Å². The number of aliphatic hydroxyl groups is 1. The first-order chi connectivity index (χ1) is 51.4. The summed E-state index contributed by atoms with van der Waals surface area (Å²) in [6.07, 6.45) is 70.8. The van der Waals surface area contributed by atoms with Gasteiger partial charge < -0.3 is 33.8 Å². The van der Waals surface area contributed by atoms with E-state index in [1.54, 1.807) is 0 Å². The van der Waals surface area contributed by atoms with Crippen LogP contribution in [0.25, 0.3) is 0 Å². The lowest BCUT2D eigenvalue weighted by molar-refractivity contribution is -0.161. The number of ether oxygens (including phenoxy) is 4. The summed E-state index contributed by atoms with van der Waals surface area (Å²) in [7, 11) is -9.93. The van der Waals surface area contributed by atoms with Crippen molar-refractivity contribution in [1.29, 1.82) is 0 Å². The van der Waals surface area contributed by atoms with Crippen LogP contribution in [-0.2, 0) is 65.4 Å². The molecule has 3 unspecified atom stereocenters. The molecule has 0 aliphatic heterocycles. The van der Waals surface area contributed by atoms with Crippen LogP contribution in [0.1, 0.15) is 465 Å². The second-order valence-corrected chi connectivity index (χ2v) is 34.9. The molecule has 106 heavy (non-hydrogen) atoms. The number of rotatable bonds is 86. The maximum absolute atomic E-state index is 13.2. The van der Waals surface area contributed by atoms with Crippen molar-refractivity contribution < 1.29 is 80.2 Å². The highest BCUT2D eigenvalue weighted by molar-refractivity contribution is 7.47. The second kappa shape index (κ2) is 78.3. The molecule has 19 heteroatoms. The first-order valence-electron chi connectivity index (χ1n) is 45.0. The first-order valence-corrected chi connectivity index (χ1v) is 48.0. The summed E-state index contributed by atoms with van der Waals surface area (Å²) in [6.45, 7) is 9.76. The molecule has 0 saturated heterocycles. The summed E-state index contributed by atoms with van der Waals surface area (Å²) in [5, 5.41) is 10.7. The summed E-state index contributed by atoms with van der Waals surface area (Å²) in [6, 6.07) is 0. The van der Waals surface area contributed by atoms with Gasteiger partial charge in [0.2, 0.25) is 0 Å². The third kappa shape index (κ3) is 78.7. The molecule has 17 nitrogen and oxygen atoms in total. The van der Waals surface area contributed by atoms with E-state index in [1.807, 2.05) is 0 Å². The molecular weight excluding hydrogens is 1380 g/mol. The zero-order valence-corrected chi connectivity index (χ0v) is 71.5. The number of carbonyl (C=O) groups excluding carboxylic acids is 4. The summed E-state index contributed by atoms with van der Waals surface area (Å²) in [4.78, 5) is 73.2. The average molecular weight is 1550 g/mol. The lowest BCUT2D eigenvalue weighted by Crippen LogP contribution is -2.30. The number of aliphatic hydroxyl groups excluding tert-OH is 1. The molecule has 0 radical (unpaired) electrons. The van der Waals surface area contributed by atoms with E-state index in [1.165, 1.54) is 283 Å². The average Bonchev–Trinajstić information content (AvgIpc) is 0.902. The van der Waals surface area contributed by atoms with E-state index in [0.717, 1.165) is 102 Å². The number of hydrogen-bond acceptors (Lipinski definition) is 15. The second-order valence-electron chi connectivity index (χ2n) is 32.0. The Hall–Kier alpha value is -1.94. The van der Waals surface area contributed by atoms with E-state index in [2.05, 4.69) is 41.5 Å². The molecule has 0 aromatic heterocycles. The predicted molar refractivity (Wildman–Crippen MR) is 437 cm³/mol. The highest BCUT2D eigenvalue weighted by Gasteiger charge is 2.30. The molecular formula is C87H170O17P2. The molecule has 0 rings (SSSR count). The van der Waals surface area contributed by atoms with Gasteiger partial charge in [-0.25, -0.2) is 9.13 Å². The standard InChI is InChI=1S/C87H170O17P2/c1-7-10-12-14-16-18-19-20-21-22-26-29-36-41-47-53-59-65-71-86(91)103-82(75-97-84(89)69-63-57-51-43-17-15-13-11-8-2)77-101-105(93,94)99-73-81(88)74-100-106(95,96)102-78-83(76-98-85(90)70-64-58-52-46-40-35-32-31-34-39-45-50-56-62-68-80(6)9-3)104-87(92)72-66-60-54-48-42-37-30-27-24-23-25-28-33-38-44-49-55-61-67-79(4)5/h79-83,88H,7-78H2,1-6H3,(H,93,94)(H,95,96)/t80?,81-,82+,83+/m0/s1. The first kappa shape index (κ1) is 104. The molecule has 630 valence electrons. The van der Waals surface area contributed by atoms with Crippen molar-refractivity contribution in [1.82, 2.24) is 0 Å².